The Balaban J connectivity index is 4.66. The number of esters is 3. The fraction of sp³-hybridized carbons (Fsp3) is 0.617. The summed E-state index contributed by atoms with van der Waals surface area (Å²) in [5.41, 5.74) is 0. The molecule has 4 N–H and O–H groups in total. The van der Waals surface area contributed by atoms with Gasteiger partial charge in [0.2, 0.25) is 0 Å². The standard InChI is InChI=1S/C81H132O16P2/c1-4-7-10-13-16-19-22-25-28-30-32-34-36-37-39-41-42-44-47-49-52-55-58-61-64-67-79(84)91-70-76(82)71-93-98(87,88)94-72-77(83)73-95-99(89,90)96-75-78(97-81(86)69-66-63-60-57-54-51-46-27-24-21-18-15-12-9-6-3)74-92-80(85)68-65-62-59-56-53-50-48-45-43-40-38-35-33-31-29-26-23-20-17-14-11-8-5-2/h7-12,16-21,25-29,32-35,37,39-40,42-44,46,76-78,82-83H,4-6,13-15,22-24,30-31,36,38,41,45,47-75H2,1-3H3,(H,87,88)(H,89,90)/b10-7-,11-8-,12-9-,19-16-,20-17-,21-18-,28-25-,29-26-,34-32-,35-33-,39-37-,43-40-,44-42-,46-27-. The molecule has 0 saturated heterocycles. The van der Waals surface area contributed by atoms with Crippen LogP contribution in [0.25, 0.3) is 0 Å². The summed E-state index contributed by atoms with van der Waals surface area (Å²) >= 11 is 0. The van der Waals surface area contributed by atoms with Crippen LogP contribution in [0.15, 0.2) is 170 Å². The summed E-state index contributed by atoms with van der Waals surface area (Å²) in [7, 11) is -9.81. The molecule has 0 aromatic rings. The fourth-order valence-electron chi connectivity index (χ4n) is 9.32. The van der Waals surface area contributed by atoms with Crippen molar-refractivity contribution in [2.75, 3.05) is 39.6 Å². The lowest BCUT2D eigenvalue weighted by Crippen LogP contribution is -2.30. The first kappa shape index (κ1) is 93.9. The molecule has 0 aromatic heterocycles. The van der Waals surface area contributed by atoms with Crippen LogP contribution in [0.3, 0.4) is 0 Å². The number of unbranched alkanes of at least 4 members (excludes halogenated alkanes) is 18. The smallest absolute Gasteiger partial charge is 0.463 e. The van der Waals surface area contributed by atoms with Crippen molar-refractivity contribution in [2.24, 2.45) is 0 Å². The van der Waals surface area contributed by atoms with Gasteiger partial charge in [-0.2, -0.15) is 0 Å². The van der Waals surface area contributed by atoms with Crippen molar-refractivity contribution in [2.45, 2.75) is 283 Å². The predicted octanol–water partition coefficient (Wildman–Crippen LogP) is 21.6. The van der Waals surface area contributed by atoms with E-state index in [4.69, 9.17) is 32.3 Å². The van der Waals surface area contributed by atoms with Crippen LogP contribution in [-0.4, -0.2) is 95.9 Å². The maximum atomic E-state index is 13.0. The van der Waals surface area contributed by atoms with Crippen LogP contribution in [-0.2, 0) is 55.8 Å². The molecule has 0 radical (unpaired) electrons. The third-order valence-electron chi connectivity index (χ3n) is 14.9. The minimum absolute atomic E-state index is 0.0760. The van der Waals surface area contributed by atoms with Crippen molar-refractivity contribution >= 4 is 33.6 Å². The number of aliphatic hydroxyl groups is 2. The third-order valence-corrected chi connectivity index (χ3v) is 16.8. The molecule has 0 amide bonds. The Kier molecular flexibility index (Phi) is 69.0. The summed E-state index contributed by atoms with van der Waals surface area (Å²) in [4.78, 5) is 58.6. The number of phosphoric ester groups is 2. The molecule has 0 aliphatic rings. The van der Waals surface area contributed by atoms with Crippen LogP contribution in [0.4, 0.5) is 0 Å². The second kappa shape index (κ2) is 72.7. The number of hydrogen-bond acceptors (Lipinski definition) is 14. The van der Waals surface area contributed by atoms with E-state index in [9.17, 15) is 43.5 Å². The van der Waals surface area contributed by atoms with Gasteiger partial charge in [-0.25, -0.2) is 9.13 Å². The SMILES string of the molecule is CC/C=C\C/C=C\C/C=C\C/C=C\C/C=C\C/C=C\CCCCCCCCC(=O)OCC(O)COP(=O)(O)OCC(O)COP(=O)(O)OCC(COC(=O)CCCCCCCCC/C=C\C/C=C\C/C=C\C/C=C\C/C=C\CC)OC(=O)CCCCCCC/C=C\C/C=C\C/C=C\CC. The molecule has 18 heteroatoms. The second-order valence-electron chi connectivity index (χ2n) is 24.3. The highest BCUT2D eigenvalue weighted by atomic mass is 31.2. The van der Waals surface area contributed by atoms with Gasteiger partial charge in [0.05, 0.1) is 26.4 Å². The summed E-state index contributed by atoms with van der Waals surface area (Å²) in [6.07, 6.45) is 91.1. The third kappa shape index (κ3) is 73.9. The summed E-state index contributed by atoms with van der Waals surface area (Å²) in [5, 5.41) is 20.6. The zero-order valence-corrected chi connectivity index (χ0v) is 62.9. The Labute approximate surface area is 599 Å². The highest BCUT2D eigenvalue weighted by molar-refractivity contribution is 7.47. The van der Waals surface area contributed by atoms with E-state index in [2.05, 4.69) is 191 Å². The molecule has 99 heavy (non-hydrogen) atoms. The van der Waals surface area contributed by atoms with E-state index in [-0.39, 0.29) is 19.3 Å². The van der Waals surface area contributed by atoms with Gasteiger partial charge in [0.25, 0.3) is 0 Å². The molecule has 0 aliphatic carbocycles. The van der Waals surface area contributed by atoms with Crippen LogP contribution in [0.2, 0.25) is 0 Å². The van der Waals surface area contributed by atoms with E-state index in [1.807, 2.05) is 0 Å². The largest absolute Gasteiger partial charge is 0.472 e. The van der Waals surface area contributed by atoms with Crippen LogP contribution in [0.1, 0.15) is 265 Å². The number of carbonyl (C=O) groups is 3. The van der Waals surface area contributed by atoms with Gasteiger partial charge in [-0.3, -0.25) is 32.5 Å². The average Bonchev–Trinajstić information content (AvgIpc) is 1.57. The molecular formula is C81H132O16P2. The van der Waals surface area contributed by atoms with Gasteiger partial charge in [0.15, 0.2) is 6.10 Å². The lowest BCUT2D eigenvalue weighted by atomic mass is 10.1. The van der Waals surface area contributed by atoms with Crippen molar-refractivity contribution in [3.63, 3.8) is 0 Å². The van der Waals surface area contributed by atoms with Gasteiger partial charge >= 0.3 is 33.6 Å². The minimum Gasteiger partial charge on any atom is -0.463 e. The molecule has 0 rings (SSSR count). The second-order valence-corrected chi connectivity index (χ2v) is 27.2. The van der Waals surface area contributed by atoms with E-state index < -0.39 is 91.5 Å². The minimum atomic E-state index is -4.94. The molecule has 5 unspecified atom stereocenters. The zero-order chi connectivity index (χ0) is 72.3. The van der Waals surface area contributed by atoms with Gasteiger partial charge < -0.3 is 34.2 Å². The van der Waals surface area contributed by atoms with Crippen LogP contribution < -0.4 is 0 Å². The molecule has 5 atom stereocenters. The number of rotatable bonds is 69. The monoisotopic (exact) mass is 1420 g/mol. The molecule has 0 aromatic carbocycles. The van der Waals surface area contributed by atoms with Crippen molar-refractivity contribution in [3.05, 3.63) is 170 Å². The van der Waals surface area contributed by atoms with Gasteiger partial charge in [0, 0.05) is 19.3 Å². The first-order chi connectivity index (χ1) is 48.2. The number of aliphatic hydroxyl groups excluding tert-OH is 2. The maximum absolute atomic E-state index is 13.0. The Morgan fingerprint density at radius 2 is 0.505 bits per heavy atom. The van der Waals surface area contributed by atoms with Gasteiger partial charge in [-0.1, -0.05) is 268 Å². The maximum Gasteiger partial charge on any atom is 0.472 e. The van der Waals surface area contributed by atoms with E-state index in [1.165, 1.54) is 0 Å². The molecule has 0 fully saturated rings. The van der Waals surface area contributed by atoms with Gasteiger partial charge in [-0.05, 0) is 148 Å². The van der Waals surface area contributed by atoms with Crippen molar-refractivity contribution in [1.29, 1.82) is 0 Å². The Morgan fingerprint density at radius 3 is 0.798 bits per heavy atom. The average molecular weight is 1420 g/mol. The van der Waals surface area contributed by atoms with E-state index in [0.717, 1.165) is 205 Å². The van der Waals surface area contributed by atoms with Crippen LogP contribution in [0, 0.1) is 0 Å². The van der Waals surface area contributed by atoms with Gasteiger partial charge in [-0.15, -0.1) is 0 Å². The highest BCUT2D eigenvalue weighted by Gasteiger charge is 2.29. The predicted molar refractivity (Wildman–Crippen MR) is 408 cm³/mol. The first-order valence-electron chi connectivity index (χ1n) is 37.4. The lowest BCUT2D eigenvalue weighted by Gasteiger charge is -2.21. The number of carbonyl (C=O) groups excluding carboxylic acids is 3. The van der Waals surface area contributed by atoms with Gasteiger partial charge in [0.1, 0.15) is 25.4 Å². The van der Waals surface area contributed by atoms with E-state index in [0.29, 0.717) is 19.3 Å². The van der Waals surface area contributed by atoms with E-state index in [1.54, 1.807) is 0 Å². The molecule has 0 aliphatic heterocycles. The Morgan fingerprint density at radius 1 is 0.283 bits per heavy atom. The van der Waals surface area contributed by atoms with Crippen LogP contribution >= 0.6 is 15.6 Å². The summed E-state index contributed by atoms with van der Waals surface area (Å²) in [5.74, 6) is -1.63. The highest BCUT2D eigenvalue weighted by Crippen LogP contribution is 2.45. The quantitative estimate of drug-likeness (QED) is 0.0146. The summed E-state index contributed by atoms with van der Waals surface area (Å²) in [6.45, 7) is 2.26. The summed E-state index contributed by atoms with van der Waals surface area (Å²) < 4.78 is 61.0. The molecule has 0 heterocycles. The Bertz CT molecular complexity index is 2480. The number of hydrogen-bond donors (Lipinski definition) is 4. The number of allylic oxidation sites excluding steroid dienone is 28. The van der Waals surface area contributed by atoms with Crippen LogP contribution in [0.5, 0.6) is 0 Å². The van der Waals surface area contributed by atoms with Crippen molar-refractivity contribution < 1.29 is 75.8 Å². The zero-order valence-electron chi connectivity index (χ0n) is 61.1. The number of ether oxygens (including phenoxy) is 3. The molecule has 16 nitrogen and oxygen atoms in total. The fourth-order valence-corrected chi connectivity index (χ4v) is 10.9. The molecule has 562 valence electrons. The normalized spacial score (nSPS) is 15.0. The lowest BCUT2D eigenvalue weighted by molar-refractivity contribution is -0.161. The number of phosphoric acid groups is 2. The van der Waals surface area contributed by atoms with Crippen molar-refractivity contribution in [1.82, 2.24) is 0 Å². The molecular weight excluding hydrogens is 1290 g/mol. The van der Waals surface area contributed by atoms with Crippen molar-refractivity contribution in [3.8, 4) is 0 Å². The summed E-state index contributed by atoms with van der Waals surface area (Å²) in [6, 6.07) is 0. The van der Waals surface area contributed by atoms with E-state index >= 15 is 0 Å². The first-order valence-corrected chi connectivity index (χ1v) is 40.4. The molecule has 0 saturated carbocycles. The Hall–Kier alpha value is -5.09. The molecule has 0 spiro atoms. The molecule has 0 bridgehead atoms. The topological polar surface area (TPSA) is 231 Å².